The highest BCUT2D eigenvalue weighted by Crippen LogP contribution is 2.23. The zero-order chi connectivity index (χ0) is 14.4. The smallest absolute Gasteiger partial charge is 0.236 e. The lowest BCUT2D eigenvalue weighted by molar-refractivity contribution is -0.123. The number of nitrogens with zero attached hydrogens (tertiary/aromatic N) is 1. The lowest BCUT2D eigenvalue weighted by Gasteiger charge is -2.11. The van der Waals surface area contributed by atoms with Gasteiger partial charge in [-0.15, -0.1) is 23.7 Å². The Morgan fingerprint density at radius 3 is 3.05 bits per heavy atom. The molecule has 0 aliphatic rings. The summed E-state index contributed by atoms with van der Waals surface area (Å²) in [6, 6.07) is 3.87. The number of amides is 1. The maximum Gasteiger partial charge on any atom is 0.236 e. The SMILES string of the molecule is COC(CN)CC(=O)NCc1coc(-c2cccs2)n1.Cl. The second-order valence-electron chi connectivity index (χ2n) is 4.20. The first-order chi connectivity index (χ1) is 9.72. The molecule has 0 bridgehead atoms. The van der Waals surface area contributed by atoms with E-state index in [0.29, 0.717) is 24.7 Å². The molecule has 2 heterocycles. The highest BCUT2D eigenvalue weighted by atomic mass is 35.5. The predicted octanol–water partition coefficient (Wildman–Crippen LogP) is 1.80. The number of hydrogen-bond donors (Lipinski definition) is 2. The minimum Gasteiger partial charge on any atom is -0.443 e. The Balaban J connectivity index is 0.00000220. The number of thiophene rings is 1. The Hall–Kier alpha value is -1.41. The minimum atomic E-state index is -0.256. The van der Waals surface area contributed by atoms with Crippen molar-refractivity contribution in [3.05, 3.63) is 29.5 Å². The highest BCUT2D eigenvalue weighted by Gasteiger charge is 2.12. The van der Waals surface area contributed by atoms with E-state index in [0.717, 1.165) is 4.88 Å². The van der Waals surface area contributed by atoms with E-state index in [1.54, 1.807) is 17.6 Å². The number of oxazole rings is 1. The monoisotopic (exact) mass is 331 g/mol. The molecule has 0 fully saturated rings. The average molecular weight is 332 g/mol. The van der Waals surface area contributed by atoms with Crippen molar-refractivity contribution in [2.24, 2.45) is 5.73 Å². The lowest BCUT2D eigenvalue weighted by Crippen LogP contribution is -2.31. The van der Waals surface area contributed by atoms with Gasteiger partial charge in [0.25, 0.3) is 0 Å². The third-order valence-electron chi connectivity index (χ3n) is 2.76. The van der Waals surface area contributed by atoms with E-state index in [2.05, 4.69) is 10.3 Å². The van der Waals surface area contributed by atoms with E-state index in [4.69, 9.17) is 14.9 Å². The number of halogens is 1. The molecule has 0 radical (unpaired) electrons. The van der Waals surface area contributed by atoms with Crippen LogP contribution in [0.3, 0.4) is 0 Å². The Kier molecular flexibility index (Phi) is 7.38. The van der Waals surface area contributed by atoms with Gasteiger partial charge in [-0.3, -0.25) is 4.79 Å². The fraction of sp³-hybridized carbons (Fsp3) is 0.385. The van der Waals surface area contributed by atoms with Crippen molar-refractivity contribution in [2.75, 3.05) is 13.7 Å². The number of methoxy groups -OCH3 is 1. The summed E-state index contributed by atoms with van der Waals surface area (Å²) in [6.07, 6.45) is 1.53. The van der Waals surface area contributed by atoms with Gasteiger partial charge in [0.2, 0.25) is 11.8 Å². The molecule has 0 aliphatic heterocycles. The molecule has 1 amide bonds. The fourth-order valence-electron chi connectivity index (χ4n) is 1.63. The molecule has 2 aromatic rings. The van der Waals surface area contributed by atoms with E-state index in [-0.39, 0.29) is 30.8 Å². The Labute approximate surface area is 133 Å². The summed E-state index contributed by atoms with van der Waals surface area (Å²) in [4.78, 5) is 17.0. The fourth-order valence-corrected chi connectivity index (χ4v) is 2.29. The van der Waals surface area contributed by atoms with E-state index < -0.39 is 0 Å². The van der Waals surface area contributed by atoms with Gasteiger partial charge in [-0.2, -0.15) is 0 Å². The van der Waals surface area contributed by atoms with Gasteiger partial charge in [-0.1, -0.05) is 6.07 Å². The first-order valence-corrected chi connectivity index (χ1v) is 7.08. The van der Waals surface area contributed by atoms with Crippen LogP contribution in [0.2, 0.25) is 0 Å². The molecular formula is C13H18ClN3O3S. The van der Waals surface area contributed by atoms with Crippen LogP contribution in [0.5, 0.6) is 0 Å². The number of hydrogen-bond acceptors (Lipinski definition) is 6. The normalized spacial score (nSPS) is 11.7. The van der Waals surface area contributed by atoms with Crippen LogP contribution in [-0.2, 0) is 16.1 Å². The summed E-state index contributed by atoms with van der Waals surface area (Å²) in [5.74, 6) is 0.448. The molecule has 2 aromatic heterocycles. The summed E-state index contributed by atoms with van der Waals surface area (Å²) in [7, 11) is 1.54. The number of ether oxygens (including phenoxy) is 1. The van der Waals surface area contributed by atoms with Crippen molar-refractivity contribution < 1.29 is 13.9 Å². The second kappa shape index (κ2) is 8.78. The molecule has 6 nitrogen and oxygen atoms in total. The van der Waals surface area contributed by atoms with Gasteiger partial charge in [-0.25, -0.2) is 4.98 Å². The third kappa shape index (κ3) is 5.13. The molecule has 8 heteroatoms. The van der Waals surface area contributed by atoms with Crippen molar-refractivity contribution >= 4 is 29.7 Å². The van der Waals surface area contributed by atoms with Crippen molar-refractivity contribution in [3.63, 3.8) is 0 Å². The van der Waals surface area contributed by atoms with Crippen molar-refractivity contribution in [3.8, 4) is 10.8 Å². The zero-order valence-electron chi connectivity index (χ0n) is 11.6. The molecule has 0 aromatic carbocycles. The van der Waals surface area contributed by atoms with Crippen LogP contribution in [-0.4, -0.2) is 30.6 Å². The number of nitrogens with one attached hydrogen (secondary N) is 1. The predicted molar refractivity (Wildman–Crippen MR) is 83.4 cm³/mol. The number of nitrogens with two attached hydrogens (primary N) is 1. The van der Waals surface area contributed by atoms with Gasteiger partial charge < -0.3 is 20.2 Å². The van der Waals surface area contributed by atoms with E-state index in [1.165, 1.54) is 7.11 Å². The minimum absolute atomic E-state index is 0. The Morgan fingerprint density at radius 1 is 1.62 bits per heavy atom. The molecule has 0 saturated heterocycles. The van der Waals surface area contributed by atoms with Gasteiger partial charge in [-0.05, 0) is 11.4 Å². The van der Waals surface area contributed by atoms with Crippen LogP contribution in [0.25, 0.3) is 10.8 Å². The quantitative estimate of drug-likeness (QED) is 0.807. The van der Waals surface area contributed by atoms with E-state index in [9.17, 15) is 4.79 Å². The Morgan fingerprint density at radius 2 is 2.43 bits per heavy atom. The van der Waals surface area contributed by atoms with Gasteiger partial charge in [0.15, 0.2) is 0 Å². The molecule has 1 atom stereocenters. The first-order valence-electron chi connectivity index (χ1n) is 6.20. The molecule has 0 aliphatic carbocycles. The summed E-state index contributed by atoms with van der Waals surface area (Å²) in [5.41, 5.74) is 6.15. The summed E-state index contributed by atoms with van der Waals surface area (Å²) in [5, 5.41) is 4.72. The molecule has 0 spiro atoms. The van der Waals surface area contributed by atoms with Crippen molar-refractivity contribution in [1.82, 2.24) is 10.3 Å². The molecule has 0 saturated carbocycles. The molecule has 3 N–H and O–H groups in total. The van der Waals surface area contributed by atoms with Gasteiger partial charge >= 0.3 is 0 Å². The number of rotatable bonds is 7. The first kappa shape index (κ1) is 17.6. The van der Waals surface area contributed by atoms with E-state index >= 15 is 0 Å². The third-order valence-corrected chi connectivity index (χ3v) is 3.62. The number of aromatic nitrogens is 1. The van der Waals surface area contributed by atoms with E-state index in [1.807, 2.05) is 17.5 Å². The number of carbonyl (C=O) groups is 1. The van der Waals surface area contributed by atoms with Crippen LogP contribution in [0.1, 0.15) is 12.1 Å². The summed E-state index contributed by atoms with van der Waals surface area (Å²) in [6.45, 7) is 0.644. The van der Waals surface area contributed by atoms with Crippen molar-refractivity contribution in [1.29, 1.82) is 0 Å². The summed E-state index contributed by atoms with van der Waals surface area (Å²) < 4.78 is 10.4. The highest BCUT2D eigenvalue weighted by molar-refractivity contribution is 7.13. The largest absolute Gasteiger partial charge is 0.443 e. The maximum atomic E-state index is 11.7. The molecule has 2 rings (SSSR count). The molecular weight excluding hydrogens is 314 g/mol. The standard InChI is InChI=1S/C13H17N3O3S.ClH/c1-18-10(6-14)5-12(17)15-7-9-8-19-13(16-9)11-3-2-4-20-11;/h2-4,8,10H,5-7,14H2,1H3,(H,15,17);1H. The zero-order valence-corrected chi connectivity index (χ0v) is 13.2. The van der Waals surface area contributed by atoms with Crippen LogP contribution >= 0.6 is 23.7 Å². The van der Waals surface area contributed by atoms with Crippen LogP contribution in [0, 0.1) is 0 Å². The molecule has 116 valence electrons. The van der Waals surface area contributed by atoms with Crippen LogP contribution < -0.4 is 11.1 Å². The number of carbonyl (C=O) groups excluding carboxylic acids is 1. The maximum absolute atomic E-state index is 11.7. The van der Waals surface area contributed by atoms with Crippen LogP contribution in [0.4, 0.5) is 0 Å². The molecule has 21 heavy (non-hydrogen) atoms. The Bertz CT molecular complexity index is 541. The van der Waals surface area contributed by atoms with Crippen molar-refractivity contribution in [2.45, 2.75) is 19.1 Å². The van der Waals surface area contributed by atoms with Gasteiger partial charge in [0.05, 0.1) is 29.6 Å². The van der Waals surface area contributed by atoms with Gasteiger partial charge in [0, 0.05) is 13.7 Å². The lowest BCUT2D eigenvalue weighted by atomic mass is 10.2. The summed E-state index contributed by atoms with van der Waals surface area (Å²) >= 11 is 1.55. The molecule has 1 unspecified atom stereocenters. The second-order valence-corrected chi connectivity index (χ2v) is 5.14. The van der Waals surface area contributed by atoms with Gasteiger partial charge in [0.1, 0.15) is 6.26 Å². The topological polar surface area (TPSA) is 90.4 Å². The average Bonchev–Trinajstić information content (AvgIpc) is 3.12. The van der Waals surface area contributed by atoms with Crippen LogP contribution in [0.15, 0.2) is 28.2 Å².